The van der Waals surface area contributed by atoms with Gasteiger partial charge in [0, 0.05) is 6.08 Å². The minimum atomic E-state index is -0.155. The Morgan fingerprint density at radius 3 is 2.76 bits per heavy atom. The van der Waals surface area contributed by atoms with Crippen LogP contribution in [0.1, 0.15) is 24.7 Å². The van der Waals surface area contributed by atoms with E-state index in [1.807, 2.05) is 30.3 Å². The Hall–Kier alpha value is -2.49. The van der Waals surface area contributed by atoms with Gasteiger partial charge in [-0.25, -0.2) is 0 Å². The number of benzene rings is 1. The van der Waals surface area contributed by atoms with E-state index in [4.69, 9.17) is 9.15 Å². The maximum absolute atomic E-state index is 11.7. The molecule has 21 heavy (non-hydrogen) atoms. The Morgan fingerprint density at radius 1 is 1.29 bits per heavy atom. The molecule has 1 heterocycles. The smallest absolute Gasteiger partial charge is 0.244 e. The molecule has 4 nitrogen and oxygen atoms in total. The molecular weight excluding hydrogens is 266 g/mol. The topological polar surface area (TPSA) is 51.5 Å². The fourth-order valence-electron chi connectivity index (χ4n) is 1.71. The quantitative estimate of drug-likeness (QED) is 0.793. The lowest BCUT2D eigenvalue weighted by molar-refractivity contribution is -0.116. The Kier molecular flexibility index (Phi) is 5.64. The molecule has 0 unspecified atom stereocenters. The predicted octanol–water partition coefficient (Wildman–Crippen LogP) is 3.40. The van der Waals surface area contributed by atoms with Crippen molar-refractivity contribution in [2.45, 2.75) is 19.9 Å². The highest BCUT2D eigenvalue weighted by Gasteiger charge is 1.98. The van der Waals surface area contributed by atoms with Gasteiger partial charge in [-0.1, -0.05) is 19.1 Å². The molecule has 0 radical (unpaired) electrons. The van der Waals surface area contributed by atoms with Crippen molar-refractivity contribution < 1.29 is 13.9 Å². The van der Waals surface area contributed by atoms with Crippen LogP contribution in [-0.2, 0) is 11.3 Å². The standard InChI is InChI=1S/C17H19NO3/c1-2-11-20-15-8-5-14(6-9-15)7-10-17(19)18-13-16-4-3-12-21-16/h3-10,12H,2,11,13H2,1H3,(H,18,19). The van der Waals surface area contributed by atoms with Crippen LogP contribution < -0.4 is 10.1 Å². The highest BCUT2D eigenvalue weighted by Crippen LogP contribution is 2.13. The third-order valence-electron chi connectivity index (χ3n) is 2.80. The molecule has 0 bridgehead atoms. The van der Waals surface area contributed by atoms with Crippen molar-refractivity contribution in [1.29, 1.82) is 0 Å². The van der Waals surface area contributed by atoms with Crippen molar-refractivity contribution in [3.8, 4) is 5.75 Å². The summed E-state index contributed by atoms with van der Waals surface area (Å²) >= 11 is 0. The summed E-state index contributed by atoms with van der Waals surface area (Å²) in [5, 5.41) is 2.75. The summed E-state index contributed by atoms with van der Waals surface area (Å²) < 4.78 is 10.6. The van der Waals surface area contributed by atoms with E-state index in [0.717, 1.165) is 23.5 Å². The first-order valence-corrected chi connectivity index (χ1v) is 6.99. The summed E-state index contributed by atoms with van der Waals surface area (Å²) in [5.41, 5.74) is 0.951. The molecule has 0 spiro atoms. The number of carbonyl (C=O) groups excluding carboxylic acids is 1. The van der Waals surface area contributed by atoms with Crippen LogP contribution in [0.25, 0.3) is 6.08 Å². The van der Waals surface area contributed by atoms with E-state index in [9.17, 15) is 4.79 Å². The minimum absolute atomic E-state index is 0.155. The summed E-state index contributed by atoms with van der Waals surface area (Å²) in [7, 11) is 0. The first-order chi connectivity index (χ1) is 10.3. The number of ether oxygens (including phenoxy) is 1. The maximum atomic E-state index is 11.7. The molecule has 1 N–H and O–H groups in total. The van der Waals surface area contributed by atoms with E-state index in [0.29, 0.717) is 13.2 Å². The van der Waals surface area contributed by atoms with Crippen LogP contribution in [0.15, 0.2) is 53.2 Å². The van der Waals surface area contributed by atoms with Gasteiger partial charge in [0.25, 0.3) is 0 Å². The molecule has 0 saturated heterocycles. The predicted molar refractivity (Wildman–Crippen MR) is 81.8 cm³/mol. The van der Waals surface area contributed by atoms with Gasteiger partial charge in [0.2, 0.25) is 5.91 Å². The van der Waals surface area contributed by atoms with Crippen molar-refractivity contribution in [2.75, 3.05) is 6.61 Å². The summed E-state index contributed by atoms with van der Waals surface area (Å²) in [5.74, 6) is 1.42. The van der Waals surface area contributed by atoms with Crippen LogP contribution >= 0.6 is 0 Å². The van der Waals surface area contributed by atoms with Gasteiger partial charge in [-0.2, -0.15) is 0 Å². The molecule has 1 aromatic carbocycles. The highest BCUT2D eigenvalue weighted by atomic mass is 16.5. The maximum Gasteiger partial charge on any atom is 0.244 e. The van der Waals surface area contributed by atoms with Crippen LogP contribution in [-0.4, -0.2) is 12.5 Å². The van der Waals surface area contributed by atoms with Gasteiger partial charge in [0.1, 0.15) is 11.5 Å². The van der Waals surface area contributed by atoms with Crippen molar-refractivity contribution in [2.24, 2.45) is 0 Å². The SMILES string of the molecule is CCCOc1ccc(C=CC(=O)NCc2ccco2)cc1. The Morgan fingerprint density at radius 2 is 2.10 bits per heavy atom. The van der Waals surface area contributed by atoms with E-state index >= 15 is 0 Å². The fourth-order valence-corrected chi connectivity index (χ4v) is 1.71. The lowest BCUT2D eigenvalue weighted by Crippen LogP contribution is -2.19. The highest BCUT2D eigenvalue weighted by molar-refractivity contribution is 5.91. The van der Waals surface area contributed by atoms with Gasteiger partial charge in [-0.15, -0.1) is 0 Å². The molecule has 1 aromatic heterocycles. The van der Waals surface area contributed by atoms with Crippen molar-refractivity contribution in [3.05, 3.63) is 60.1 Å². The molecule has 2 aromatic rings. The Bertz CT molecular complexity index is 571. The van der Waals surface area contributed by atoms with E-state index in [1.54, 1.807) is 18.4 Å². The van der Waals surface area contributed by atoms with Gasteiger partial charge in [0.15, 0.2) is 0 Å². The Labute approximate surface area is 124 Å². The molecule has 0 aliphatic carbocycles. The average Bonchev–Trinajstić information content (AvgIpc) is 3.03. The van der Waals surface area contributed by atoms with Crippen molar-refractivity contribution in [3.63, 3.8) is 0 Å². The molecule has 4 heteroatoms. The second-order valence-electron chi connectivity index (χ2n) is 4.55. The lowest BCUT2D eigenvalue weighted by atomic mass is 10.2. The fraction of sp³-hybridized carbons (Fsp3) is 0.235. The van der Waals surface area contributed by atoms with Crippen LogP contribution in [0, 0.1) is 0 Å². The summed E-state index contributed by atoms with van der Waals surface area (Å²) in [6.07, 6.45) is 5.84. The molecule has 0 aliphatic heterocycles. The Balaban J connectivity index is 1.81. The number of hydrogen-bond acceptors (Lipinski definition) is 3. The van der Waals surface area contributed by atoms with E-state index in [-0.39, 0.29) is 5.91 Å². The molecule has 2 rings (SSSR count). The van der Waals surface area contributed by atoms with E-state index < -0.39 is 0 Å². The molecule has 0 atom stereocenters. The molecule has 110 valence electrons. The number of rotatable bonds is 7. The molecular formula is C17H19NO3. The van der Waals surface area contributed by atoms with Crippen LogP contribution in [0.5, 0.6) is 5.75 Å². The number of nitrogens with one attached hydrogen (secondary N) is 1. The average molecular weight is 285 g/mol. The third kappa shape index (κ3) is 5.18. The monoisotopic (exact) mass is 285 g/mol. The molecule has 0 fully saturated rings. The van der Waals surface area contributed by atoms with Gasteiger partial charge in [-0.3, -0.25) is 4.79 Å². The van der Waals surface area contributed by atoms with E-state index in [2.05, 4.69) is 12.2 Å². The largest absolute Gasteiger partial charge is 0.494 e. The van der Waals surface area contributed by atoms with Crippen LogP contribution in [0.4, 0.5) is 0 Å². The lowest BCUT2D eigenvalue weighted by Gasteiger charge is -2.04. The summed E-state index contributed by atoms with van der Waals surface area (Å²) in [6.45, 7) is 3.17. The number of amides is 1. The molecule has 0 saturated carbocycles. The zero-order chi connectivity index (χ0) is 14.9. The second-order valence-corrected chi connectivity index (χ2v) is 4.55. The van der Waals surface area contributed by atoms with Gasteiger partial charge >= 0.3 is 0 Å². The van der Waals surface area contributed by atoms with Crippen LogP contribution in [0.2, 0.25) is 0 Å². The summed E-state index contributed by atoms with van der Waals surface area (Å²) in [6, 6.07) is 11.2. The van der Waals surface area contributed by atoms with Gasteiger partial charge < -0.3 is 14.5 Å². The second kappa shape index (κ2) is 7.94. The normalized spacial score (nSPS) is 10.7. The molecule has 0 aliphatic rings. The van der Waals surface area contributed by atoms with E-state index in [1.165, 1.54) is 6.08 Å². The number of hydrogen-bond donors (Lipinski definition) is 1. The van der Waals surface area contributed by atoms with Crippen molar-refractivity contribution in [1.82, 2.24) is 5.32 Å². The first kappa shape index (κ1) is 14.9. The van der Waals surface area contributed by atoms with Crippen molar-refractivity contribution >= 4 is 12.0 Å². The molecule has 1 amide bonds. The van der Waals surface area contributed by atoms with Gasteiger partial charge in [0.05, 0.1) is 19.4 Å². The zero-order valence-corrected chi connectivity index (χ0v) is 12.0. The minimum Gasteiger partial charge on any atom is -0.494 e. The number of furan rings is 1. The summed E-state index contributed by atoms with van der Waals surface area (Å²) in [4.78, 5) is 11.7. The first-order valence-electron chi connectivity index (χ1n) is 6.99. The zero-order valence-electron chi connectivity index (χ0n) is 12.0. The van der Waals surface area contributed by atoms with Crippen LogP contribution in [0.3, 0.4) is 0 Å². The third-order valence-corrected chi connectivity index (χ3v) is 2.80. The number of carbonyl (C=O) groups is 1. The van der Waals surface area contributed by atoms with Gasteiger partial charge in [-0.05, 0) is 42.3 Å².